The second kappa shape index (κ2) is 9.44. The summed E-state index contributed by atoms with van der Waals surface area (Å²) in [6, 6.07) is 2.26. The van der Waals surface area contributed by atoms with Gasteiger partial charge >= 0.3 is 18.3 Å². The van der Waals surface area contributed by atoms with Crippen molar-refractivity contribution in [1.82, 2.24) is 19.7 Å². The Morgan fingerprint density at radius 3 is 2.33 bits per heavy atom. The average Bonchev–Trinajstić information content (AvgIpc) is 3.23. The maximum absolute atomic E-state index is 13.7. The number of anilines is 1. The summed E-state index contributed by atoms with van der Waals surface area (Å²) in [6.07, 6.45) is -3.31. The second-order valence-corrected chi connectivity index (χ2v) is 10.7. The summed E-state index contributed by atoms with van der Waals surface area (Å²) in [4.78, 5) is 18.7. The maximum Gasteiger partial charge on any atom is 0.419 e. The van der Waals surface area contributed by atoms with E-state index >= 15 is 0 Å². The van der Waals surface area contributed by atoms with Crippen LogP contribution in [0.25, 0.3) is 0 Å². The summed E-state index contributed by atoms with van der Waals surface area (Å²) in [7, 11) is 0. The van der Waals surface area contributed by atoms with E-state index in [2.05, 4.69) is 15.4 Å². The molecule has 0 spiro atoms. The summed E-state index contributed by atoms with van der Waals surface area (Å²) < 4.78 is 65.6. The number of nitrogens with one attached hydrogen (secondary N) is 1. The van der Waals surface area contributed by atoms with E-state index < -0.39 is 23.2 Å². The molecule has 2 heterocycles. The molecule has 0 unspecified atom stereocenters. The molecule has 1 saturated carbocycles. The van der Waals surface area contributed by atoms with Crippen LogP contribution in [0.5, 0.6) is 11.8 Å². The largest absolute Gasteiger partial charge is 0.444 e. The van der Waals surface area contributed by atoms with Gasteiger partial charge in [0.2, 0.25) is 5.95 Å². The van der Waals surface area contributed by atoms with Gasteiger partial charge < -0.3 is 19.7 Å². The third kappa shape index (κ3) is 5.67. The fourth-order valence-corrected chi connectivity index (χ4v) is 4.75. The van der Waals surface area contributed by atoms with Gasteiger partial charge in [-0.2, -0.15) is 18.2 Å². The molecule has 8 nitrogen and oxygen atoms in total. The predicted octanol–water partition coefficient (Wildman–Crippen LogP) is 5.87. The number of ether oxygens (including phenoxy) is 2. The van der Waals surface area contributed by atoms with Crippen molar-refractivity contribution >= 4 is 12.0 Å². The number of alkyl halides is 3. The Kier molecular flexibility index (Phi) is 6.82. The number of likely N-dealkylation sites (tertiary alicyclic amines) is 1. The summed E-state index contributed by atoms with van der Waals surface area (Å²) in [5.41, 5.74) is -1.98. The van der Waals surface area contributed by atoms with Crippen molar-refractivity contribution in [1.29, 1.82) is 0 Å². The van der Waals surface area contributed by atoms with Gasteiger partial charge in [0.25, 0.3) is 0 Å². The van der Waals surface area contributed by atoms with E-state index in [1.807, 2.05) is 34.6 Å². The molecule has 198 valence electrons. The van der Waals surface area contributed by atoms with Crippen LogP contribution in [0.2, 0.25) is 0 Å². The molecule has 4 rings (SSSR count). The zero-order chi connectivity index (χ0) is 26.4. The van der Waals surface area contributed by atoms with Crippen LogP contribution in [0.4, 0.5) is 28.3 Å². The van der Waals surface area contributed by atoms with Crippen molar-refractivity contribution < 1.29 is 31.8 Å². The van der Waals surface area contributed by atoms with Gasteiger partial charge in [-0.1, -0.05) is 0 Å². The molecule has 2 fully saturated rings. The van der Waals surface area contributed by atoms with Gasteiger partial charge in [-0.05, 0) is 77.5 Å². The van der Waals surface area contributed by atoms with Crippen LogP contribution in [0.1, 0.15) is 59.1 Å². The number of benzene rings is 1. The third-order valence-electron chi connectivity index (χ3n) is 6.32. The van der Waals surface area contributed by atoms with Crippen LogP contribution < -0.4 is 10.1 Å². The lowest BCUT2D eigenvalue weighted by Crippen LogP contribution is -2.51. The number of amides is 1. The molecule has 3 atom stereocenters. The van der Waals surface area contributed by atoms with Crippen LogP contribution >= 0.6 is 0 Å². The number of rotatable bonds is 5. The molecule has 1 aromatic heterocycles. The highest BCUT2D eigenvalue weighted by atomic mass is 19.4. The van der Waals surface area contributed by atoms with Gasteiger partial charge in [0, 0.05) is 19.1 Å². The third-order valence-corrected chi connectivity index (χ3v) is 6.32. The summed E-state index contributed by atoms with van der Waals surface area (Å²) in [5.74, 6) is -0.938. The van der Waals surface area contributed by atoms with E-state index in [1.165, 1.54) is 4.68 Å². The number of carbonyl (C=O) groups excluding carboxylic acids is 1. The zero-order valence-electron chi connectivity index (χ0n) is 20.9. The summed E-state index contributed by atoms with van der Waals surface area (Å²) in [5, 5.41) is 7.81. The topological polar surface area (TPSA) is 81.5 Å². The molecule has 1 saturated heterocycles. The Labute approximate surface area is 207 Å². The van der Waals surface area contributed by atoms with Gasteiger partial charge in [0.05, 0.1) is 11.6 Å². The lowest BCUT2D eigenvalue weighted by Gasteiger charge is -2.38. The van der Waals surface area contributed by atoms with Crippen molar-refractivity contribution in [2.45, 2.75) is 71.3 Å². The van der Waals surface area contributed by atoms with E-state index in [4.69, 9.17) is 9.47 Å². The first kappa shape index (κ1) is 26.0. The summed E-state index contributed by atoms with van der Waals surface area (Å²) >= 11 is 0. The first-order valence-corrected chi connectivity index (χ1v) is 12.0. The number of aromatic nitrogens is 3. The fourth-order valence-electron chi connectivity index (χ4n) is 4.75. The lowest BCUT2D eigenvalue weighted by atomic mass is 9.92. The number of hydrogen-bond acceptors (Lipinski definition) is 6. The van der Waals surface area contributed by atoms with E-state index in [-0.39, 0.29) is 47.7 Å². The van der Waals surface area contributed by atoms with Crippen molar-refractivity contribution in [2.24, 2.45) is 11.8 Å². The molecule has 1 amide bonds. The van der Waals surface area contributed by atoms with Gasteiger partial charge in [-0.3, -0.25) is 0 Å². The zero-order valence-corrected chi connectivity index (χ0v) is 20.9. The highest BCUT2D eigenvalue weighted by Gasteiger charge is 2.44. The Morgan fingerprint density at radius 2 is 1.78 bits per heavy atom. The molecule has 12 heteroatoms. The number of fused-ring (bicyclic) bond motifs is 2. The quantitative estimate of drug-likeness (QED) is 0.504. The Hall–Kier alpha value is -3.05. The summed E-state index contributed by atoms with van der Waals surface area (Å²) in [6.45, 7) is 10.3. The van der Waals surface area contributed by atoms with Gasteiger partial charge in [0.15, 0.2) is 0 Å². The predicted molar refractivity (Wildman–Crippen MR) is 123 cm³/mol. The molecule has 1 aliphatic heterocycles. The van der Waals surface area contributed by atoms with Crippen molar-refractivity contribution in [3.63, 3.8) is 0 Å². The fraction of sp³-hybridized carbons (Fsp3) is 0.625. The Morgan fingerprint density at radius 1 is 1.14 bits per heavy atom. The van der Waals surface area contributed by atoms with Gasteiger partial charge in [0.1, 0.15) is 17.2 Å². The van der Waals surface area contributed by atoms with Crippen LogP contribution in [0.3, 0.4) is 0 Å². The minimum Gasteiger partial charge on any atom is -0.444 e. The highest BCUT2D eigenvalue weighted by molar-refractivity contribution is 5.68. The minimum atomic E-state index is -4.85. The van der Waals surface area contributed by atoms with Crippen molar-refractivity contribution in [3.05, 3.63) is 29.6 Å². The molecule has 0 radical (unpaired) electrons. The maximum atomic E-state index is 13.7. The first-order chi connectivity index (χ1) is 16.7. The Balaban J connectivity index is 1.49. The van der Waals surface area contributed by atoms with Crippen LogP contribution in [0.15, 0.2) is 18.2 Å². The molecule has 2 aliphatic rings. The Bertz CT molecular complexity index is 1100. The normalized spacial score (nSPS) is 22.2. The average molecular weight is 514 g/mol. The van der Waals surface area contributed by atoms with Crippen molar-refractivity contribution in [2.75, 3.05) is 18.4 Å². The van der Waals surface area contributed by atoms with Gasteiger partial charge in [-0.25, -0.2) is 13.9 Å². The van der Waals surface area contributed by atoms with Crippen LogP contribution in [0, 0.1) is 17.7 Å². The molecule has 1 aliphatic carbocycles. The molecular weight excluding hydrogens is 482 g/mol. The van der Waals surface area contributed by atoms with Gasteiger partial charge in [-0.15, -0.1) is 5.10 Å². The molecular formula is C24H31F4N5O3. The molecule has 1 N–H and O–H groups in total. The van der Waals surface area contributed by atoms with Crippen molar-refractivity contribution in [3.8, 4) is 11.8 Å². The lowest BCUT2D eigenvalue weighted by molar-refractivity contribution is -0.140. The molecule has 2 aromatic rings. The molecule has 2 bridgehead atoms. The number of nitrogens with zero attached hydrogens (tertiary/aromatic N) is 4. The van der Waals surface area contributed by atoms with Crippen LogP contribution in [-0.4, -0.2) is 50.5 Å². The first-order valence-electron chi connectivity index (χ1n) is 12.0. The van der Waals surface area contributed by atoms with E-state index in [9.17, 15) is 22.4 Å². The molecule has 1 aromatic carbocycles. The van der Waals surface area contributed by atoms with E-state index in [0.717, 1.165) is 18.9 Å². The minimum absolute atomic E-state index is 0.00855. The number of carbonyl (C=O) groups is 1. The number of halogens is 4. The second-order valence-electron chi connectivity index (χ2n) is 10.7. The monoisotopic (exact) mass is 513 g/mol. The highest BCUT2D eigenvalue weighted by Crippen LogP contribution is 2.39. The number of piperidine rings is 1. The van der Waals surface area contributed by atoms with E-state index in [0.29, 0.717) is 25.2 Å². The molecule has 36 heavy (non-hydrogen) atoms. The standard InChI is InChI=1S/C24H31F4N5O3/c1-13(2)33-21(35-16-8-9-18(25)17(10-16)24(26,27)28)30-20(31-33)29-19-14-6-7-15(19)12-32(11-14)22(34)36-23(3,4)5/h8-10,13-15,19H,6-7,11-12H2,1-5H3,(H,29,31)/t14-,15+,19-. The van der Waals surface area contributed by atoms with E-state index in [1.54, 1.807) is 4.90 Å². The SMILES string of the molecule is CC(C)n1nc(N[C@@H]2[C@@H]3CC[C@H]2CN(C(=O)OC(C)(C)C)C3)nc1Oc1ccc(F)c(C(F)(F)F)c1. The van der Waals surface area contributed by atoms with Crippen LogP contribution in [-0.2, 0) is 10.9 Å². The smallest absolute Gasteiger partial charge is 0.419 e. The number of hydrogen-bond donors (Lipinski definition) is 1.